The monoisotopic (exact) mass is 227 g/mol. The van der Waals surface area contributed by atoms with Crippen LogP contribution in [0.5, 0.6) is 0 Å². The molecule has 0 aromatic heterocycles. The zero-order valence-corrected chi connectivity index (χ0v) is 9.39. The zero-order valence-electron chi connectivity index (χ0n) is 9.39. The minimum atomic E-state index is -0.848. The van der Waals surface area contributed by atoms with E-state index in [0.717, 1.165) is 19.3 Å². The van der Waals surface area contributed by atoms with Crippen molar-refractivity contribution in [3.05, 3.63) is 0 Å². The average molecular weight is 227 g/mol. The normalized spacial score (nSPS) is 31.8. The predicted octanol–water partition coefficient (Wildman–Crippen LogP) is 1.47. The minimum absolute atomic E-state index is 0.0342. The molecule has 3 atom stereocenters. The number of rotatable bonds is 3. The Morgan fingerprint density at radius 3 is 2.75 bits per heavy atom. The van der Waals surface area contributed by atoms with E-state index in [0.29, 0.717) is 13.0 Å². The summed E-state index contributed by atoms with van der Waals surface area (Å²) in [6.07, 6.45) is 2.16. The Morgan fingerprint density at radius 1 is 1.44 bits per heavy atom. The lowest BCUT2D eigenvalue weighted by Crippen LogP contribution is -2.35. The van der Waals surface area contributed by atoms with Gasteiger partial charge in [0.15, 0.2) is 0 Å². The number of nitrogens with zero attached hydrogens (tertiary/aromatic N) is 1. The van der Waals surface area contributed by atoms with Crippen LogP contribution in [0.4, 0.5) is 4.79 Å². The molecule has 1 amide bonds. The number of carbonyl (C=O) groups excluding carboxylic acids is 1. The van der Waals surface area contributed by atoms with Gasteiger partial charge in [-0.25, -0.2) is 4.79 Å². The molecule has 16 heavy (non-hydrogen) atoms. The molecule has 2 fully saturated rings. The third-order valence-corrected chi connectivity index (χ3v) is 3.62. The molecule has 2 heterocycles. The SMILES string of the molecule is CCOC(=O)CC1C[C@H]2CCC1N2C(=O)O. The highest BCUT2D eigenvalue weighted by atomic mass is 16.5. The number of hydrogen-bond donors (Lipinski definition) is 1. The van der Waals surface area contributed by atoms with Gasteiger partial charge in [-0.15, -0.1) is 0 Å². The fourth-order valence-electron chi connectivity index (χ4n) is 3.06. The van der Waals surface area contributed by atoms with Crippen molar-refractivity contribution < 1.29 is 19.4 Å². The van der Waals surface area contributed by atoms with Gasteiger partial charge in [-0.05, 0) is 32.1 Å². The van der Waals surface area contributed by atoms with E-state index in [9.17, 15) is 9.59 Å². The van der Waals surface area contributed by atoms with Gasteiger partial charge in [0.1, 0.15) is 0 Å². The molecule has 2 aliphatic rings. The molecule has 0 aliphatic carbocycles. The number of carboxylic acid groups (broad SMARTS) is 1. The van der Waals surface area contributed by atoms with Gasteiger partial charge in [0, 0.05) is 12.1 Å². The van der Waals surface area contributed by atoms with Crippen molar-refractivity contribution in [1.82, 2.24) is 4.90 Å². The van der Waals surface area contributed by atoms with Crippen LogP contribution in [0.25, 0.3) is 0 Å². The summed E-state index contributed by atoms with van der Waals surface area (Å²) in [5, 5.41) is 9.06. The second-order valence-corrected chi connectivity index (χ2v) is 4.49. The van der Waals surface area contributed by atoms with Crippen molar-refractivity contribution in [2.75, 3.05) is 6.61 Å². The fourth-order valence-corrected chi connectivity index (χ4v) is 3.06. The van der Waals surface area contributed by atoms with Crippen molar-refractivity contribution in [1.29, 1.82) is 0 Å². The van der Waals surface area contributed by atoms with Crippen LogP contribution in [0, 0.1) is 5.92 Å². The largest absolute Gasteiger partial charge is 0.466 e. The molecular weight excluding hydrogens is 210 g/mol. The molecule has 5 nitrogen and oxygen atoms in total. The molecule has 0 aromatic carbocycles. The molecule has 2 saturated heterocycles. The summed E-state index contributed by atoms with van der Waals surface area (Å²) < 4.78 is 4.90. The molecule has 0 saturated carbocycles. The van der Waals surface area contributed by atoms with Crippen LogP contribution in [0.2, 0.25) is 0 Å². The Balaban J connectivity index is 1.95. The maximum Gasteiger partial charge on any atom is 0.407 e. The number of fused-ring (bicyclic) bond motifs is 2. The number of carbonyl (C=O) groups is 2. The lowest BCUT2D eigenvalue weighted by Gasteiger charge is -2.21. The van der Waals surface area contributed by atoms with E-state index in [1.165, 1.54) is 4.90 Å². The van der Waals surface area contributed by atoms with Crippen LogP contribution in [0.15, 0.2) is 0 Å². The highest BCUT2D eigenvalue weighted by molar-refractivity contribution is 5.71. The Morgan fingerprint density at radius 2 is 2.19 bits per heavy atom. The number of amides is 1. The molecule has 2 aliphatic heterocycles. The Bertz CT molecular complexity index is 304. The Kier molecular flexibility index (Phi) is 3.03. The average Bonchev–Trinajstić information content (AvgIpc) is 2.74. The number of ether oxygens (including phenoxy) is 1. The maximum absolute atomic E-state index is 11.4. The molecule has 5 heteroatoms. The van der Waals surface area contributed by atoms with Crippen LogP contribution < -0.4 is 0 Å². The van der Waals surface area contributed by atoms with Crippen LogP contribution >= 0.6 is 0 Å². The zero-order chi connectivity index (χ0) is 11.7. The van der Waals surface area contributed by atoms with E-state index >= 15 is 0 Å². The lowest BCUT2D eigenvalue weighted by molar-refractivity contribution is -0.144. The smallest absolute Gasteiger partial charge is 0.407 e. The topological polar surface area (TPSA) is 66.8 Å². The summed E-state index contributed by atoms with van der Waals surface area (Å²) in [4.78, 5) is 23.9. The number of esters is 1. The van der Waals surface area contributed by atoms with Gasteiger partial charge in [0.25, 0.3) is 0 Å². The van der Waals surface area contributed by atoms with Crippen molar-refractivity contribution in [3.8, 4) is 0 Å². The van der Waals surface area contributed by atoms with E-state index in [-0.39, 0.29) is 24.0 Å². The van der Waals surface area contributed by atoms with Crippen LogP contribution in [-0.4, -0.2) is 40.8 Å². The summed E-state index contributed by atoms with van der Waals surface area (Å²) in [5.41, 5.74) is 0. The van der Waals surface area contributed by atoms with E-state index in [1.54, 1.807) is 6.92 Å². The first-order valence-electron chi connectivity index (χ1n) is 5.80. The van der Waals surface area contributed by atoms with Crippen LogP contribution in [0.1, 0.15) is 32.6 Å². The lowest BCUT2D eigenvalue weighted by atomic mass is 9.87. The molecule has 90 valence electrons. The second-order valence-electron chi connectivity index (χ2n) is 4.49. The quantitative estimate of drug-likeness (QED) is 0.741. The summed E-state index contributed by atoms with van der Waals surface area (Å²) in [5.74, 6) is -0.0423. The standard InChI is InChI=1S/C11H17NO4/c1-2-16-10(13)6-7-5-8-3-4-9(7)12(8)11(14)15/h7-9H,2-6H2,1H3,(H,14,15)/t7?,8-,9?/m1/s1. The van der Waals surface area contributed by atoms with E-state index in [1.807, 2.05) is 0 Å². The van der Waals surface area contributed by atoms with E-state index in [4.69, 9.17) is 9.84 Å². The van der Waals surface area contributed by atoms with Gasteiger partial charge in [-0.3, -0.25) is 4.79 Å². The van der Waals surface area contributed by atoms with Crippen molar-refractivity contribution in [3.63, 3.8) is 0 Å². The Hall–Kier alpha value is -1.26. The summed E-state index contributed by atoms with van der Waals surface area (Å²) in [7, 11) is 0. The van der Waals surface area contributed by atoms with Crippen LogP contribution in [0.3, 0.4) is 0 Å². The molecular formula is C11H17NO4. The highest BCUT2D eigenvalue weighted by Gasteiger charge is 2.49. The van der Waals surface area contributed by atoms with Crippen LogP contribution in [-0.2, 0) is 9.53 Å². The van der Waals surface area contributed by atoms with Gasteiger partial charge < -0.3 is 14.7 Å². The molecule has 2 rings (SSSR count). The fraction of sp³-hybridized carbons (Fsp3) is 0.818. The summed E-state index contributed by atoms with van der Waals surface area (Å²) in [6, 6.07) is 0.161. The Labute approximate surface area is 94.4 Å². The first-order valence-corrected chi connectivity index (χ1v) is 5.80. The summed E-state index contributed by atoms with van der Waals surface area (Å²) in [6.45, 7) is 2.17. The van der Waals surface area contributed by atoms with Gasteiger partial charge in [0.2, 0.25) is 0 Å². The van der Waals surface area contributed by atoms with Gasteiger partial charge in [-0.1, -0.05) is 0 Å². The van der Waals surface area contributed by atoms with Gasteiger partial charge in [-0.2, -0.15) is 0 Å². The van der Waals surface area contributed by atoms with Gasteiger partial charge >= 0.3 is 12.1 Å². The molecule has 0 aromatic rings. The number of hydrogen-bond acceptors (Lipinski definition) is 3. The molecule has 2 unspecified atom stereocenters. The van der Waals surface area contributed by atoms with E-state index in [2.05, 4.69) is 0 Å². The first kappa shape index (κ1) is 11.2. The van der Waals surface area contributed by atoms with Gasteiger partial charge in [0.05, 0.1) is 13.0 Å². The molecule has 0 radical (unpaired) electrons. The first-order chi connectivity index (χ1) is 7.63. The molecule has 2 bridgehead atoms. The molecule has 0 spiro atoms. The van der Waals surface area contributed by atoms with Crippen molar-refractivity contribution in [2.45, 2.75) is 44.7 Å². The van der Waals surface area contributed by atoms with E-state index < -0.39 is 6.09 Å². The molecule has 1 N–H and O–H groups in total. The summed E-state index contributed by atoms with van der Waals surface area (Å²) >= 11 is 0. The predicted molar refractivity (Wildman–Crippen MR) is 56.0 cm³/mol. The third-order valence-electron chi connectivity index (χ3n) is 3.62. The van der Waals surface area contributed by atoms with Crippen molar-refractivity contribution in [2.24, 2.45) is 5.92 Å². The maximum atomic E-state index is 11.4. The second kappa shape index (κ2) is 4.31. The highest BCUT2D eigenvalue weighted by Crippen LogP contribution is 2.43. The third kappa shape index (κ3) is 1.86. The minimum Gasteiger partial charge on any atom is -0.466 e. The van der Waals surface area contributed by atoms with Crippen molar-refractivity contribution >= 4 is 12.1 Å².